The molecule has 0 spiro atoms. The van der Waals surface area contributed by atoms with Gasteiger partial charge in [0.05, 0.1) is 21.9 Å². The number of alkyl halides is 3. The quantitative estimate of drug-likeness (QED) is 0.531. The van der Waals surface area contributed by atoms with Crippen LogP contribution in [0, 0.1) is 0 Å². The Balaban J connectivity index is 1.65. The van der Waals surface area contributed by atoms with Gasteiger partial charge in [-0.1, -0.05) is 42.1 Å². The molecule has 0 aliphatic carbocycles. The van der Waals surface area contributed by atoms with Gasteiger partial charge in [-0.25, -0.2) is 8.42 Å². The molecule has 1 aromatic heterocycles. The van der Waals surface area contributed by atoms with E-state index in [1.54, 1.807) is 25.2 Å². The van der Waals surface area contributed by atoms with Crippen LogP contribution in [-0.2, 0) is 33.6 Å². The molecule has 0 saturated carbocycles. The lowest BCUT2D eigenvalue weighted by Gasteiger charge is -2.13. The van der Waals surface area contributed by atoms with Crippen LogP contribution in [0.3, 0.4) is 0 Å². The highest BCUT2D eigenvalue weighted by molar-refractivity contribution is 7.99. The van der Waals surface area contributed by atoms with Crippen LogP contribution >= 0.6 is 11.8 Å². The number of halogens is 3. The molecule has 0 atom stereocenters. The van der Waals surface area contributed by atoms with Gasteiger partial charge in [-0.15, -0.1) is 10.2 Å². The molecule has 0 bridgehead atoms. The monoisotopic (exact) mass is 470 g/mol. The number of benzene rings is 2. The van der Waals surface area contributed by atoms with Crippen molar-refractivity contribution in [2.75, 3.05) is 11.1 Å². The lowest BCUT2D eigenvalue weighted by atomic mass is 10.1. The van der Waals surface area contributed by atoms with Crippen LogP contribution in [0.5, 0.6) is 0 Å². The minimum atomic E-state index is -4.60. The van der Waals surface area contributed by atoms with Crippen LogP contribution in [0.15, 0.2) is 64.6 Å². The molecule has 1 heterocycles. The Morgan fingerprint density at radius 1 is 1.06 bits per heavy atom. The summed E-state index contributed by atoms with van der Waals surface area (Å²) in [6, 6.07) is 12.5. The summed E-state index contributed by atoms with van der Waals surface area (Å²) in [6.45, 7) is 0. The number of carbonyl (C=O) groups excluding carboxylic acids is 1. The molecule has 3 rings (SSSR count). The molecule has 0 saturated heterocycles. The van der Waals surface area contributed by atoms with Gasteiger partial charge in [0.2, 0.25) is 5.91 Å². The number of hydrogen-bond donors (Lipinski definition) is 1. The average molecular weight is 470 g/mol. The Morgan fingerprint density at radius 3 is 2.39 bits per heavy atom. The van der Waals surface area contributed by atoms with E-state index in [0.29, 0.717) is 0 Å². The number of para-hydroxylation sites is 1. The number of amides is 1. The van der Waals surface area contributed by atoms with E-state index in [1.165, 1.54) is 34.9 Å². The van der Waals surface area contributed by atoms with E-state index in [2.05, 4.69) is 15.5 Å². The number of thioether (sulfide) groups is 1. The number of nitrogens with zero attached hydrogens (tertiary/aromatic N) is 3. The lowest BCUT2D eigenvalue weighted by molar-refractivity contribution is -0.137. The zero-order chi connectivity index (χ0) is 22.6. The maximum absolute atomic E-state index is 13.0. The highest BCUT2D eigenvalue weighted by Gasteiger charge is 2.33. The number of hydrogen-bond acceptors (Lipinski definition) is 6. The summed E-state index contributed by atoms with van der Waals surface area (Å²) in [5.41, 5.74) is -1.28. The Labute approximate surface area is 180 Å². The second-order valence-electron chi connectivity index (χ2n) is 6.41. The Bertz CT molecular complexity index is 1180. The first-order valence-corrected chi connectivity index (χ1v) is 11.5. The molecule has 7 nitrogen and oxygen atoms in total. The molecule has 1 amide bonds. The average Bonchev–Trinajstić information content (AvgIpc) is 3.05. The zero-order valence-electron chi connectivity index (χ0n) is 16.1. The normalized spacial score (nSPS) is 12.0. The molecule has 0 fully saturated rings. The molecule has 0 aliphatic heterocycles. The number of nitrogens with one attached hydrogen (secondary N) is 1. The molecular weight excluding hydrogens is 453 g/mol. The molecule has 3 aromatic rings. The van der Waals surface area contributed by atoms with Crippen molar-refractivity contribution in [2.45, 2.75) is 22.0 Å². The number of anilines is 1. The summed E-state index contributed by atoms with van der Waals surface area (Å²) in [5, 5.41) is 10.2. The number of carbonyl (C=O) groups is 1. The number of rotatable bonds is 7. The maximum Gasteiger partial charge on any atom is 0.418 e. The molecule has 0 aliphatic rings. The smallest absolute Gasteiger partial charge is 0.325 e. The topological polar surface area (TPSA) is 93.9 Å². The SMILES string of the molecule is Cn1c(CS(=O)(=O)c2ccccc2)nnc1SCC(=O)Nc1ccccc1C(F)(F)F. The molecule has 0 unspecified atom stereocenters. The lowest BCUT2D eigenvalue weighted by Crippen LogP contribution is -2.18. The molecule has 1 N–H and O–H groups in total. The Hall–Kier alpha value is -2.86. The van der Waals surface area contributed by atoms with Gasteiger partial charge in [-0.3, -0.25) is 4.79 Å². The van der Waals surface area contributed by atoms with Gasteiger partial charge in [0.15, 0.2) is 15.0 Å². The zero-order valence-corrected chi connectivity index (χ0v) is 17.8. The third-order valence-electron chi connectivity index (χ3n) is 4.19. The largest absolute Gasteiger partial charge is 0.418 e. The van der Waals surface area contributed by atoms with E-state index in [0.717, 1.165) is 17.8 Å². The third kappa shape index (κ3) is 5.64. The fourth-order valence-corrected chi connectivity index (χ4v) is 4.69. The van der Waals surface area contributed by atoms with Crippen LogP contribution in [0.25, 0.3) is 0 Å². The standard InChI is InChI=1S/C19H17F3N4O3S2/c1-26-16(12-31(28,29)13-7-3-2-4-8-13)24-25-18(26)30-11-17(27)23-15-10-6-5-9-14(15)19(20,21)22/h2-10H,11-12H2,1H3,(H,23,27). The molecule has 0 radical (unpaired) electrons. The van der Waals surface area contributed by atoms with Crippen LogP contribution in [0.2, 0.25) is 0 Å². The summed E-state index contributed by atoms with van der Waals surface area (Å²) in [6.07, 6.45) is -4.60. The summed E-state index contributed by atoms with van der Waals surface area (Å²) >= 11 is 0.932. The van der Waals surface area contributed by atoms with E-state index in [9.17, 15) is 26.4 Å². The van der Waals surface area contributed by atoms with Crippen LogP contribution in [0.4, 0.5) is 18.9 Å². The molecule has 164 valence electrons. The van der Waals surface area contributed by atoms with Crippen molar-refractivity contribution in [3.63, 3.8) is 0 Å². The van der Waals surface area contributed by atoms with Crippen LogP contribution in [-0.4, -0.2) is 34.8 Å². The number of aromatic nitrogens is 3. The molecule has 12 heteroatoms. The van der Waals surface area contributed by atoms with Gasteiger partial charge in [0.1, 0.15) is 11.6 Å². The summed E-state index contributed by atoms with van der Waals surface area (Å²) in [7, 11) is -2.08. The maximum atomic E-state index is 13.0. The number of sulfone groups is 1. The first-order valence-electron chi connectivity index (χ1n) is 8.83. The predicted molar refractivity (Wildman–Crippen MR) is 109 cm³/mol. The summed E-state index contributed by atoms with van der Waals surface area (Å²) in [4.78, 5) is 12.3. The third-order valence-corrected chi connectivity index (χ3v) is 6.83. The second-order valence-corrected chi connectivity index (χ2v) is 9.34. The van der Waals surface area contributed by atoms with Crippen LogP contribution < -0.4 is 5.32 Å². The van der Waals surface area contributed by atoms with E-state index in [1.807, 2.05) is 0 Å². The van der Waals surface area contributed by atoms with Crippen molar-refractivity contribution in [3.8, 4) is 0 Å². The predicted octanol–water partition coefficient (Wildman–Crippen LogP) is 3.54. The van der Waals surface area contributed by atoms with Crippen LogP contribution in [0.1, 0.15) is 11.4 Å². The first kappa shape index (κ1) is 22.8. The summed E-state index contributed by atoms with van der Waals surface area (Å²) in [5.74, 6) is -1.10. The van der Waals surface area contributed by atoms with Crippen molar-refractivity contribution < 1.29 is 26.4 Å². The van der Waals surface area contributed by atoms with E-state index in [4.69, 9.17) is 0 Å². The van der Waals surface area contributed by atoms with Crippen molar-refractivity contribution in [1.82, 2.24) is 14.8 Å². The molecular formula is C19H17F3N4O3S2. The van der Waals surface area contributed by atoms with Gasteiger partial charge in [-0.05, 0) is 24.3 Å². The Morgan fingerprint density at radius 2 is 1.71 bits per heavy atom. The van der Waals surface area contributed by atoms with E-state index in [-0.39, 0.29) is 33.1 Å². The second kappa shape index (κ2) is 9.10. The van der Waals surface area contributed by atoms with Gasteiger partial charge in [0, 0.05) is 7.05 Å². The highest BCUT2D eigenvalue weighted by Crippen LogP contribution is 2.34. The van der Waals surface area contributed by atoms with Gasteiger partial charge < -0.3 is 9.88 Å². The van der Waals surface area contributed by atoms with Gasteiger partial charge in [-0.2, -0.15) is 13.2 Å². The first-order chi connectivity index (χ1) is 14.6. The fraction of sp³-hybridized carbons (Fsp3) is 0.211. The molecule has 2 aromatic carbocycles. The summed E-state index contributed by atoms with van der Waals surface area (Å²) < 4.78 is 65.5. The minimum Gasteiger partial charge on any atom is -0.325 e. The van der Waals surface area contributed by atoms with E-state index < -0.39 is 27.5 Å². The van der Waals surface area contributed by atoms with E-state index >= 15 is 0 Å². The minimum absolute atomic E-state index is 0.148. The van der Waals surface area contributed by atoms with Crippen molar-refractivity contribution in [2.24, 2.45) is 7.05 Å². The van der Waals surface area contributed by atoms with Crippen molar-refractivity contribution in [3.05, 3.63) is 66.0 Å². The van der Waals surface area contributed by atoms with Gasteiger partial charge in [0.25, 0.3) is 0 Å². The molecule has 31 heavy (non-hydrogen) atoms. The Kier molecular flexibility index (Phi) is 6.70. The highest BCUT2D eigenvalue weighted by atomic mass is 32.2. The van der Waals surface area contributed by atoms with Crippen molar-refractivity contribution >= 4 is 33.2 Å². The van der Waals surface area contributed by atoms with Gasteiger partial charge >= 0.3 is 6.18 Å². The fourth-order valence-electron chi connectivity index (χ4n) is 2.63. The van der Waals surface area contributed by atoms with Crippen molar-refractivity contribution in [1.29, 1.82) is 0 Å².